The van der Waals surface area contributed by atoms with Gasteiger partial charge in [0, 0.05) is 0 Å². The molecule has 0 aliphatic rings. The van der Waals surface area contributed by atoms with Crippen LogP contribution in [0.5, 0.6) is 0 Å². The molecular weight excluding hydrogens is 202 g/mol. The third kappa shape index (κ3) is 2.85. The number of carbonyl (C=O) groups excluding carboxylic acids is 1. The summed E-state index contributed by atoms with van der Waals surface area (Å²) < 4.78 is 5.02. The second kappa shape index (κ2) is 7.05. The standard InChI is InChI=1S/C13H21NO2/c1-5-9-11(6-2)13(7-3,10-14)12(15)16-8-4/h6H,5,7-9H2,1-4H3/b11-6+/t13-/m1/s1. The minimum atomic E-state index is -1.08. The van der Waals surface area contributed by atoms with Gasteiger partial charge in [-0.2, -0.15) is 5.26 Å². The van der Waals surface area contributed by atoms with E-state index in [1.54, 1.807) is 6.92 Å². The van der Waals surface area contributed by atoms with E-state index in [1.165, 1.54) is 0 Å². The molecule has 0 saturated heterocycles. The number of rotatable bonds is 6. The fourth-order valence-corrected chi connectivity index (χ4v) is 1.83. The van der Waals surface area contributed by atoms with E-state index in [-0.39, 0.29) is 0 Å². The van der Waals surface area contributed by atoms with Crippen molar-refractivity contribution in [2.24, 2.45) is 5.41 Å². The molecule has 0 unspecified atom stereocenters. The van der Waals surface area contributed by atoms with Crippen molar-refractivity contribution in [3.8, 4) is 6.07 Å². The van der Waals surface area contributed by atoms with Gasteiger partial charge in [0.15, 0.2) is 5.41 Å². The Morgan fingerprint density at radius 2 is 2.06 bits per heavy atom. The van der Waals surface area contributed by atoms with E-state index < -0.39 is 11.4 Å². The zero-order chi connectivity index (χ0) is 12.6. The average molecular weight is 223 g/mol. The van der Waals surface area contributed by atoms with Crippen molar-refractivity contribution in [1.29, 1.82) is 5.26 Å². The Labute approximate surface area is 98.1 Å². The molecule has 0 rings (SSSR count). The predicted octanol–water partition coefficient (Wildman–Crippen LogP) is 3.22. The van der Waals surface area contributed by atoms with Crippen LogP contribution in [0.2, 0.25) is 0 Å². The molecule has 0 bridgehead atoms. The van der Waals surface area contributed by atoms with Crippen LogP contribution in [0.3, 0.4) is 0 Å². The molecule has 3 nitrogen and oxygen atoms in total. The summed E-state index contributed by atoms with van der Waals surface area (Å²) in [5, 5.41) is 9.31. The minimum Gasteiger partial charge on any atom is -0.465 e. The Bertz CT molecular complexity index is 302. The van der Waals surface area contributed by atoms with Gasteiger partial charge in [0.1, 0.15) is 0 Å². The number of ether oxygens (including phenoxy) is 1. The van der Waals surface area contributed by atoms with E-state index in [0.29, 0.717) is 13.0 Å². The van der Waals surface area contributed by atoms with Crippen LogP contribution >= 0.6 is 0 Å². The van der Waals surface area contributed by atoms with Gasteiger partial charge in [0.05, 0.1) is 12.7 Å². The molecule has 90 valence electrons. The summed E-state index contributed by atoms with van der Waals surface area (Å²) in [6.45, 7) is 7.81. The van der Waals surface area contributed by atoms with Gasteiger partial charge in [0.2, 0.25) is 0 Å². The Morgan fingerprint density at radius 3 is 2.38 bits per heavy atom. The minimum absolute atomic E-state index is 0.311. The highest BCUT2D eigenvalue weighted by atomic mass is 16.5. The molecule has 1 atom stereocenters. The lowest BCUT2D eigenvalue weighted by Crippen LogP contribution is -2.33. The molecule has 0 aliphatic carbocycles. The first-order valence-electron chi connectivity index (χ1n) is 5.86. The van der Waals surface area contributed by atoms with Crippen molar-refractivity contribution >= 4 is 5.97 Å². The topological polar surface area (TPSA) is 50.1 Å². The maximum absolute atomic E-state index is 11.9. The lowest BCUT2D eigenvalue weighted by atomic mass is 9.77. The summed E-state index contributed by atoms with van der Waals surface area (Å²) in [7, 11) is 0. The molecule has 0 aromatic rings. The van der Waals surface area contributed by atoms with E-state index in [2.05, 4.69) is 6.07 Å². The number of carbonyl (C=O) groups is 1. The molecule has 0 aromatic carbocycles. The van der Waals surface area contributed by atoms with Gasteiger partial charge in [-0.1, -0.05) is 26.3 Å². The van der Waals surface area contributed by atoms with Crippen molar-refractivity contribution in [2.75, 3.05) is 6.61 Å². The molecule has 0 aliphatic heterocycles. The number of allylic oxidation sites excluding steroid dienone is 1. The van der Waals surface area contributed by atoms with E-state index in [9.17, 15) is 10.1 Å². The van der Waals surface area contributed by atoms with Crippen LogP contribution in [0, 0.1) is 16.7 Å². The zero-order valence-electron chi connectivity index (χ0n) is 10.7. The number of hydrogen-bond donors (Lipinski definition) is 0. The molecule has 0 aromatic heterocycles. The first-order chi connectivity index (χ1) is 7.62. The number of nitriles is 1. The Kier molecular flexibility index (Phi) is 6.48. The number of hydrogen-bond acceptors (Lipinski definition) is 3. The van der Waals surface area contributed by atoms with Crippen LogP contribution in [0.15, 0.2) is 11.6 Å². The smallest absolute Gasteiger partial charge is 0.330 e. The van der Waals surface area contributed by atoms with Gasteiger partial charge >= 0.3 is 5.97 Å². The SMILES string of the molecule is C/C=C(\CCC)[C@](C#N)(CC)C(=O)OCC. The van der Waals surface area contributed by atoms with Crippen LogP contribution in [-0.2, 0) is 9.53 Å². The fourth-order valence-electron chi connectivity index (χ4n) is 1.83. The molecule has 16 heavy (non-hydrogen) atoms. The molecular formula is C13H21NO2. The van der Waals surface area contributed by atoms with Crippen molar-refractivity contribution in [3.63, 3.8) is 0 Å². The highest BCUT2D eigenvalue weighted by molar-refractivity contribution is 5.84. The van der Waals surface area contributed by atoms with Gasteiger partial charge in [-0.15, -0.1) is 0 Å². The first-order valence-corrected chi connectivity index (χ1v) is 5.86. The second-order valence-corrected chi connectivity index (χ2v) is 3.66. The lowest BCUT2D eigenvalue weighted by molar-refractivity contribution is -0.150. The maximum atomic E-state index is 11.9. The quantitative estimate of drug-likeness (QED) is 0.513. The molecule has 3 heteroatoms. The Balaban J connectivity index is 5.24. The van der Waals surface area contributed by atoms with Crippen LogP contribution in [0.1, 0.15) is 47.0 Å². The molecule has 0 amide bonds. The van der Waals surface area contributed by atoms with Gasteiger partial charge < -0.3 is 4.74 Å². The van der Waals surface area contributed by atoms with Gasteiger partial charge in [-0.25, -0.2) is 4.79 Å². The Morgan fingerprint density at radius 1 is 1.44 bits per heavy atom. The van der Waals surface area contributed by atoms with E-state index >= 15 is 0 Å². The summed E-state index contributed by atoms with van der Waals surface area (Å²) in [5.74, 6) is -0.415. The predicted molar refractivity (Wildman–Crippen MR) is 63.6 cm³/mol. The van der Waals surface area contributed by atoms with Gasteiger partial charge in [-0.05, 0) is 32.3 Å². The molecule has 0 fully saturated rings. The second-order valence-electron chi connectivity index (χ2n) is 3.66. The summed E-state index contributed by atoms with van der Waals surface area (Å²) in [5.41, 5.74) is -0.209. The average Bonchev–Trinajstić information content (AvgIpc) is 2.30. The van der Waals surface area contributed by atoms with Gasteiger partial charge in [-0.3, -0.25) is 0 Å². The Hall–Kier alpha value is -1.30. The normalized spacial score (nSPS) is 15.1. The zero-order valence-corrected chi connectivity index (χ0v) is 10.7. The van der Waals surface area contributed by atoms with Crippen LogP contribution < -0.4 is 0 Å². The monoisotopic (exact) mass is 223 g/mol. The highest BCUT2D eigenvalue weighted by Gasteiger charge is 2.41. The van der Waals surface area contributed by atoms with Crippen LogP contribution in [0.25, 0.3) is 0 Å². The molecule has 0 N–H and O–H groups in total. The van der Waals surface area contributed by atoms with E-state index in [1.807, 2.05) is 26.8 Å². The summed E-state index contributed by atoms with van der Waals surface area (Å²) in [6, 6.07) is 2.14. The largest absolute Gasteiger partial charge is 0.465 e. The van der Waals surface area contributed by atoms with Crippen molar-refractivity contribution < 1.29 is 9.53 Å². The summed E-state index contributed by atoms with van der Waals surface area (Å²) in [4.78, 5) is 11.9. The van der Waals surface area contributed by atoms with Crippen LogP contribution in [0.4, 0.5) is 0 Å². The summed E-state index contributed by atoms with van der Waals surface area (Å²) in [6.07, 6.45) is 4.01. The third-order valence-electron chi connectivity index (χ3n) is 2.76. The third-order valence-corrected chi connectivity index (χ3v) is 2.76. The number of nitrogens with zero attached hydrogens (tertiary/aromatic N) is 1. The maximum Gasteiger partial charge on any atom is 0.330 e. The van der Waals surface area contributed by atoms with E-state index in [0.717, 1.165) is 18.4 Å². The first kappa shape index (κ1) is 14.7. The molecule has 0 spiro atoms. The molecule has 0 radical (unpaired) electrons. The summed E-state index contributed by atoms with van der Waals surface area (Å²) >= 11 is 0. The van der Waals surface area contributed by atoms with Gasteiger partial charge in [0.25, 0.3) is 0 Å². The van der Waals surface area contributed by atoms with Crippen molar-refractivity contribution in [2.45, 2.75) is 47.0 Å². The molecule has 0 saturated carbocycles. The lowest BCUT2D eigenvalue weighted by Gasteiger charge is -2.25. The van der Waals surface area contributed by atoms with Crippen molar-refractivity contribution in [1.82, 2.24) is 0 Å². The van der Waals surface area contributed by atoms with Crippen molar-refractivity contribution in [3.05, 3.63) is 11.6 Å². The van der Waals surface area contributed by atoms with E-state index in [4.69, 9.17) is 4.74 Å². The molecule has 0 heterocycles. The van der Waals surface area contributed by atoms with Crippen LogP contribution in [-0.4, -0.2) is 12.6 Å². The highest BCUT2D eigenvalue weighted by Crippen LogP contribution is 2.35. The fraction of sp³-hybridized carbons (Fsp3) is 0.692. The number of esters is 1.